The number of nitrogens with one attached hydrogen (secondary N) is 1. The zero-order chi connectivity index (χ0) is 14.8. The normalized spacial score (nSPS) is 11.3. The molecule has 0 saturated carbocycles. The lowest BCUT2D eigenvalue weighted by molar-refractivity contribution is 0.484. The van der Waals surface area contributed by atoms with Crippen LogP contribution in [0, 0.1) is 0 Å². The Kier molecular flexibility index (Phi) is 4.17. The van der Waals surface area contributed by atoms with Gasteiger partial charge in [-0.25, -0.2) is 13.1 Å². The Balaban J connectivity index is 2.42. The van der Waals surface area contributed by atoms with Crippen LogP contribution in [0.4, 0.5) is 5.69 Å². The minimum absolute atomic E-state index is 0.0622. The first-order chi connectivity index (χ1) is 9.45. The van der Waals surface area contributed by atoms with Crippen LogP contribution in [-0.2, 0) is 10.0 Å². The fourth-order valence-corrected chi connectivity index (χ4v) is 2.85. The number of nitrogen functional groups attached to an aromatic ring is 1. The molecule has 106 valence electrons. The zero-order valence-electron chi connectivity index (χ0n) is 10.6. The fraction of sp³-hybridized carbons (Fsp3) is 0.0769. The van der Waals surface area contributed by atoms with Crippen molar-refractivity contribution in [1.82, 2.24) is 4.72 Å². The number of anilines is 1. The van der Waals surface area contributed by atoms with Crippen LogP contribution < -0.4 is 15.2 Å². The number of sulfonamides is 1. The van der Waals surface area contributed by atoms with Gasteiger partial charge in [-0.15, -0.1) is 0 Å². The fourth-order valence-electron chi connectivity index (χ4n) is 1.58. The smallest absolute Gasteiger partial charge is 0.241 e. The summed E-state index contributed by atoms with van der Waals surface area (Å²) in [4.78, 5) is -0.0837. The van der Waals surface area contributed by atoms with E-state index < -0.39 is 10.0 Å². The monoisotopic (exact) mass is 312 g/mol. The highest BCUT2D eigenvalue weighted by atomic mass is 35.5. The topological polar surface area (TPSA) is 81.4 Å². The summed E-state index contributed by atoms with van der Waals surface area (Å²) >= 11 is 6.00. The molecule has 7 heteroatoms. The summed E-state index contributed by atoms with van der Waals surface area (Å²) in [5.41, 5.74) is 5.91. The van der Waals surface area contributed by atoms with E-state index in [9.17, 15) is 8.42 Å². The number of rotatable bonds is 4. The van der Waals surface area contributed by atoms with Gasteiger partial charge >= 0.3 is 0 Å². The minimum atomic E-state index is -3.66. The van der Waals surface area contributed by atoms with E-state index in [-0.39, 0.29) is 15.6 Å². The molecule has 0 radical (unpaired) electrons. The van der Waals surface area contributed by atoms with Gasteiger partial charge < -0.3 is 10.5 Å². The third-order valence-corrected chi connectivity index (χ3v) is 4.61. The third-order valence-electron chi connectivity index (χ3n) is 2.63. The Labute approximate surface area is 122 Å². The van der Waals surface area contributed by atoms with Gasteiger partial charge in [-0.05, 0) is 31.3 Å². The first-order valence-electron chi connectivity index (χ1n) is 5.70. The molecule has 0 heterocycles. The second-order valence-electron chi connectivity index (χ2n) is 3.91. The number of halogens is 1. The number of benzene rings is 2. The van der Waals surface area contributed by atoms with Gasteiger partial charge in [0.15, 0.2) is 5.75 Å². The molecule has 0 fully saturated rings. The SMILES string of the molecule is CNS(=O)(=O)c1ccc(Oc2ccccc2)c(N)c1Cl. The van der Waals surface area contributed by atoms with Gasteiger partial charge in [0.2, 0.25) is 10.0 Å². The van der Waals surface area contributed by atoms with Crippen molar-refractivity contribution in [3.63, 3.8) is 0 Å². The molecule has 3 N–H and O–H groups in total. The molecule has 0 aromatic heterocycles. The standard InChI is InChI=1S/C13H13ClN2O3S/c1-16-20(17,18)11-8-7-10(13(15)12(11)14)19-9-5-3-2-4-6-9/h2-8,16H,15H2,1H3. The molecule has 0 bridgehead atoms. The second kappa shape index (κ2) is 5.70. The van der Waals surface area contributed by atoms with Crippen molar-refractivity contribution < 1.29 is 13.2 Å². The molecule has 0 atom stereocenters. The van der Waals surface area contributed by atoms with Gasteiger partial charge in [0.1, 0.15) is 10.6 Å². The van der Waals surface area contributed by atoms with Gasteiger partial charge in [0, 0.05) is 0 Å². The number of nitrogens with two attached hydrogens (primary N) is 1. The van der Waals surface area contributed by atoms with Crippen molar-refractivity contribution >= 4 is 27.3 Å². The molecule has 2 aromatic carbocycles. The average Bonchev–Trinajstić information content (AvgIpc) is 2.45. The van der Waals surface area contributed by atoms with Crippen LogP contribution in [0.1, 0.15) is 0 Å². The largest absolute Gasteiger partial charge is 0.455 e. The molecule has 0 aliphatic heterocycles. The second-order valence-corrected chi connectivity index (χ2v) is 6.15. The lowest BCUT2D eigenvalue weighted by Crippen LogP contribution is -2.19. The molecule has 0 aliphatic carbocycles. The quantitative estimate of drug-likeness (QED) is 0.850. The summed E-state index contributed by atoms with van der Waals surface area (Å²) in [5.74, 6) is 0.885. The highest BCUT2D eigenvalue weighted by Crippen LogP contribution is 2.36. The van der Waals surface area contributed by atoms with Crippen LogP contribution in [0.25, 0.3) is 0 Å². The Hall–Kier alpha value is -1.76. The molecule has 0 spiro atoms. The maximum absolute atomic E-state index is 11.8. The van der Waals surface area contributed by atoms with Gasteiger partial charge in [-0.1, -0.05) is 29.8 Å². The van der Waals surface area contributed by atoms with Crippen molar-refractivity contribution in [2.75, 3.05) is 12.8 Å². The molecule has 2 rings (SSSR count). The van der Waals surface area contributed by atoms with E-state index in [1.54, 1.807) is 12.1 Å². The average molecular weight is 313 g/mol. The maximum atomic E-state index is 11.8. The highest BCUT2D eigenvalue weighted by Gasteiger charge is 2.20. The van der Waals surface area contributed by atoms with Crippen molar-refractivity contribution in [3.8, 4) is 11.5 Å². The van der Waals surface area contributed by atoms with Crippen molar-refractivity contribution in [2.24, 2.45) is 0 Å². The molecule has 0 aliphatic rings. The molecule has 5 nitrogen and oxygen atoms in total. The van der Waals surface area contributed by atoms with Gasteiger partial charge in [0.25, 0.3) is 0 Å². The van der Waals surface area contributed by atoms with Crippen molar-refractivity contribution in [3.05, 3.63) is 47.5 Å². The van der Waals surface area contributed by atoms with E-state index in [2.05, 4.69) is 4.72 Å². The zero-order valence-corrected chi connectivity index (χ0v) is 12.2. The number of ether oxygens (including phenoxy) is 1. The van der Waals surface area contributed by atoms with Crippen molar-refractivity contribution in [1.29, 1.82) is 0 Å². The summed E-state index contributed by atoms with van der Waals surface area (Å²) in [6.07, 6.45) is 0. The van der Waals surface area contributed by atoms with Crippen LogP contribution in [-0.4, -0.2) is 15.5 Å². The summed E-state index contributed by atoms with van der Waals surface area (Å²) < 4.78 is 31.3. The maximum Gasteiger partial charge on any atom is 0.241 e. The van der Waals surface area contributed by atoms with Crippen LogP contribution in [0.5, 0.6) is 11.5 Å². The van der Waals surface area contributed by atoms with E-state index in [1.165, 1.54) is 19.2 Å². The Morgan fingerprint density at radius 1 is 1.15 bits per heavy atom. The Morgan fingerprint density at radius 2 is 1.80 bits per heavy atom. The Morgan fingerprint density at radius 3 is 2.40 bits per heavy atom. The van der Waals surface area contributed by atoms with E-state index >= 15 is 0 Å². The lowest BCUT2D eigenvalue weighted by atomic mass is 10.3. The lowest BCUT2D eigenvalue weighted by Gasteiger charge is -2.12. The van der Waals surface area contributed by atoms with Gasteiger partial charge in [-0.3, -0.25) is 0 Å². The van der Waals surface area contributed by atoms with Crippen LogP contribution in [0.15, 0.2) is 47.4 Å². The van der Waals surface area contributed by atoms with E-state index in [1.807, 2.05) is 18.2 Å². The first-order valence-corrected chi connectivity index (χ1v) is 7.56. The number of hydrogen-bond acceptors (Lipinski definition) is 4. The van der Waals surface area contributed by atoms with E-state index in [0.717, 1.165) is 0 Å². The number of para-hydroxylation sites is 1. The molecular weight excluding hydrogens is 300 g/mol. The minimum Gasteiger partial charge on any atom is -0.455 e. The summed E-state index contributed by atoms with van der Waals surface area (Å²) in [7, 11) is -2.36. The highest BCUT2D eigenvalue weighted by molar-refractivity contribution is 7.89. The van der Waals surface area contributed by atoms with Crippen molar-refractivity contribution in [2.45, 2.75) is 4.90 Å². The summed E-state index contributed by atoms with van der Waals surface area (Å²) in [5, 5.41) is -0.0622. The Bertz CT molecular complexity index is 718. The van der Waals surface area contributed by atoms with Crippen LogP contribution >= 0.6 is 11.6 Å². The third kappa shape index (κ3) is 2.87. The summed E-state index contributed by atoms with van der Waals surface area (Å²) in [6.45, 7) is 0. The molecule has 0 saturated heterocycles. The molecule has 2 aromatic rings. The van der Waals surface area contributed by atoms with Crippen LogP contribution in [0.2, 0.25) is 5.02 Å². The molecule has 20 heavy (non-hydrogen) atoms. The predicted molar refractivity (Wildman–Crippen MR) is 78.6 cm³/mol. The van der Waals surface area contributed by atoms with Crippen LogP contribution in [0.3, 0.4) is 0 Å². The van der Waals surface area contributed by atoms with Gasteiger partial charge in [0.05, 0.1) is 10.7 Å². The first kappa shape index (κ1) is 14.6. The molecule has 0 unspecified atom stereocenters. The number of hydrogen-bond donors (Lipinski definition) is 2. The van der Waals surface area contributed by atoms with Gasteiger partial charge in [-0.2, -0.15) is 0 Å². The predicted octanol–water partition coefficient (Wildman–Crippen LogP) is 2.62. The summed E-state index contributed by atoms with van der Waals surface area (Å²) in [6, 6.07) is 11.8. The molecule has 0 amide bonds. The van der Waals surface area contributed by atoms with E-state index in [4.69, 9.17) is 22.1 Å². The van der Waals surface area contributed by atoms with E-state index in [0.29, 0.717) is 11.5 Å². The molecular formula is C13H13ClN2O3S.